The van der Waals surface area contributed by atoms with Crippen LogP contribution in [-0.4, -0.2) is 19.3 Å². The Morgan fingerprint density at radius 3 is 3.00 bits per heavy atom. The van der Waals surface area contributed by atoms with Gasteiger partial charge in [0.25, 0.3) is 0 Å². The summed E-state index contributed by atoms with van der Waals surface area (Å²) in [5.74, 6) is 0.790. The lowest BCUT2D eigenvalue weighted by molar-refractivity contribution is 1.06. The Bertz CT molecular complexity index is 672. The lowest BCUT2D eigenvalue weighted by Crippen LogP contribution is -1.82. The first-order valence-corrected chi connectivity index (χ1v) is 6.53. The third-order valence-corrected chi connectivity index (χ3v) is 3.91. The molecular weight excluding hydrogens is 254 g/mol. The Kier molecular flexibility index (Phi) is 2.49. The standard InChI is InChI=1S/C10H9N5S2/c1-5-12-10(17-15-5)16-9-13-7-3-2-6(11)4-8(7)14-9/h2-4H,11H2,1H3,(H,13,14). The largest absolute Gasteiger partial charge is 0.399 e. The fraction of sp³-hybridized carbons (Fsp3) is 0.100. The monoisotopic (exact) mass is 263 g/mol. The predicted octanol–water partition coefficient (Wildman–Crippen LogP) is 2.46. The van der Waals surface area contributed by atoms with E-state index in [2.05, 4.69) is 19.3 Å². The van der Waals surface area contributed by atoms with Crippen molar-refractivity contribution in [1.29, 1.82) is 0 Å². The van der Waals surface area contributed by atoms with Crippen LogP contribution < -0.4 is 5.73 Å². The van der Waals surface area contributed by atoms with E-state index in [-0.39, 0.29) is 0 Å². The Labute approximate surface area is 106 Å². The van der Waals surface area contributed by atoms with E-state index in [1.807, 2.05) is 25.1 Å². The van der Waals surface area contributed by atoms with Gasteiger partial charge in [-0.05, 0) is 48.4 Å². The third-order valence-electron chi connectivity index (χ3n) is 2.18. The smallest absolute Gasteiger partial charge is 0.177 e. The van der Waals surface area contributed by atoms with Crippen molar-refractivity contribution in [3.8, 4) is 0 Å². The van der Waals surface area contributed by atoms with Gasteiger partial charge in [-0.2, -0.15) is 4.37 Å². The number of nitrogen functional groups attached to an aromatic ring is 1. The molecule has 1 aromatic carbocycles. The lowest BCUT2D eigenvalue weighted by atomic mass is 10.3. The zero-order chi connectivity index (χ0) is 11.8. The van der Waals surface area contributed by atoms with Gasteiger partial charge in [0.15, 0.2) is 9.50 Å². The second-order valence-corrected chi connectivity index (χ2v) is 5.52. The number of aromatic amines is 1. The summed E-state index contributed by atoms with van der Waals surface area (Å²) >= 11 is 2.85. The zero-order valence-electron chi connectivity index (χ0n) is 8.97. The van der Waals surface area contributed by atoms with Crippen LogP contribution in [0.1, 0.15) is 5.82 Å². The number of rotatable bonds is 2. The summed E-state index contributed by atoms with van der Waals surface area (Å²) in [5, 5.41) is 0.807. The Morgan fingerprint density at radius 1 is 1.35 bits per heavy atom. The molecule has 5 nitrogen and oxygen atoms in total. The minimum atomic E-state index is 0.726. The van der Waals surface area contributed by atoms with Crippen LogP contribution in [-0.2, 0) is 0 Å². The molecule has 0 spiro atoms. The molecule has 0 unspecified atom stereocenters. The molecule has 17 heavy (non-hydrogen) atoms. The first kappa shape index (κ1) is 10.5. The molecule has 0 amide bonds. The number of nitrogens with zero attached hydrogens (tertiary/aromatic N) is 3. The highest BCUT2D eigenvalue weighted by molar-refractivity contribution is 8.00. The molecule has 0 bridgehead atoms. The number of anilines is 1. The predicted molar refractivity (Wildman–Crippen MR) is 69.3 cm³/mol. The second-order valence-electron chi connectivity index (χ2n) is 3.53. The summed E-state index contributed by atoms with van der Waals surface area (Å²) in [6.07, 6.45) is 0. The van der Waals surface area contributed by atoms with Crippen molar-refractivity contribution < 1.29 is 0 Å². The molecular formula is C10H9N5S2. The molecule has 86 valence electrons. The van der Waals surface area contributed by atoms with Gasteiger partial charge in [0.1, 0.15) is 5.82 Å². The van der Waals surface area contributed by atoms with Gasteiger partial charge in [0.05, 0.1) is 11.0 Å². The van der Waals surface area contributed by atoms with E-state index in [0.29, 0.717) is 0 Å². The molecule has 0 saturated heterocycles. The fourth-order valence-electron chi connectivity index (χ4n) is 1.45. The van der Waals surface area contributed by atoms with Crippen LogP contribution in [0.3, 0.4) is 0 Å². The van der Waals surface area contributed by atoms with Gasteiger partial charge in [0, 0.05) is 5.69 Å². The minimum absolute atomic E-state index is 0.726. The number of aryl methyl sites for hydroxylation is 1. The van der Waals surface area contributed by atoms with E-state index in [1.165, 1.54) is 23.3 Å². The summed E-state index contributed by atoms with van der Waals surface area (Å²) in [5.41, 5.74) is 8.28. The Hall–Kier alpha value is -1.60. The topological polar surface area (TPSA) is 80.5 Å². The average molecular weight is 263 g/mol. The quantitative estimate of drug-likeness (QED) is 0.694. The van der Waals surface area contributed by atoms with Gasteiger partial charge in [-0.3, -0.25) is 0 Å². The maximum Gasteiger partial charge on any atom is 0.177 e. The molecule has 0 aliphatic carbocycles. The van der Waals surface area contributed by atoms with E-state index >= 15 is 0 Å². The third kappa shape index (κ3) is 2.11. The van der Waals surface area contributed by atoms with Gasteiger partial charge in [-0.15, -0.1) is 0 Å². The summed E-state index contributed by atoms with van der Waals surface area (Å²) in [6.45, 7) is 1.87. The van der Waals surface area contributed by atoms with E-state index in [9.17, 15) is 0 Å². The van der Waals surface area contributed by atoms with Crippen molar-refractivity contribution in [2.45, 2.75) is 16.4 Å². The lowest BCUT2D eigenvalue weighted by Gasteiger charge is -1.89. The second kappa shape index (κ2) is 4.01. The highest BCUT2D eigenvalue weighted by atomic mass is 32.2. The van der Waals surface area contributed by atoms with Gasteiger partial charge < -0.3 is 10.7 Å². The van der Waals surface area contributed by atoms with Crippen molar-refractivity contribution in [3.05, 3.63) is 24.0 Å². The average Bonchev–Trinajstić information content (AvgIpc) is 2.84. The molecule has 0 fully saturated rings. The van der Waals surface area contributed by atoms with Crippen LogP contribution in [0.25, 0.3) is 11.0 Å². The van der Waals surface area contributed by atoms with Crippen LogP contribution in [0.15, 0.2) is 27.7 Å². The summed E-state index contributed by atoms with van der Waals surface area (Å²) in [7, 11) is 0. The van der Waals surface area contributed by atoms with Gasteiger partial charge in [0.2, 0.25) is 0 Å². The van der Waals surface area contributed by atoms with E-state index < -0.39 is 0 Å². The fourth-order valence-corrected chi connectivity index (χ4v) is 3.02. The SMILES string of the molecule is Cc1nsc(Sc2nc3ccc(N)cc3[nH]2)n1. The molecule has 2 aromatic heterocycles. The molecule has 3 aromatic rings. The molecule has 0 radical (unpaired) electrons. The first-order valence-electron chi connectivity index (χ1n) is 4.94. The van der Waals surface area contributed by atoms with E-state index in [0.717, 1.165) is 32.0 Å². The van der Waals surface area contributed by atoms with E-state index in [1.54, 1.807) is 0 Å². The molecule has 3 rings (SSSR count). The number of hydrogen-bond acceptors (Lipinski definition) is 6. The summed E-state index contributed by atoms with van der Waals surface area (Å²) in [4.78, 5) is 11.9. The molecule has 0 aliphatic heterocycles. The van der Waals surface area contributed by atoms with Crippen molar-refractivity contribution in [2.24, 2.45) is 0 Å². The molecule has 7 heteroatoms. The first-order chi connectivity index (χ1) is 8.20. The molecule has 0 atom stereocenters. The maximum atomic E-state index is 5.71. The summed E-state index contributed by atoms with van der Waals surface area (Å²) in [6, 6.07) is 5.61. The Morgan fingerprint density at radius 2 is 2.24 bits per heavy atom. The van der Waals surface area contributed by atoms with Gasteiger partial charge in [-0.25, -0.2) is 9.97 Å². The van der Waals surface area contributed by atoms with Crippen molar-refractivity contribution in [3.63, 3.8) is 0 Å². The molecule has 3 N–H and O–H groups in total. The number of hydrogen-bond donors (Lipinski definition) is 2. The van der Waals surface area contributed by atoms with Gasteiger partial charge in [-0.1, -0.05) is 0 Å². The normalized spacial score (nSPS) is 11.1. The molecule has 0 aliphatic rings. The van der Waals surface area contributed by atoms with Crippen molar-refractivity contribution in [2.75, 3.05) is 5.73 Å². The number of nitrogens with one attached hydrogen (secondary N) is 1. The van der Waals surface area contributed by atoms with Crippen LogP contribution in [0, 0.1) is 6.92 Å². The molecule has 0 saturated carbocycles. The molecule has 2 heterocycles. The van der Waals surface area contributed by atoms with Crippen molar-refractivity contribution >= 4 is 40.0 Å². The highest BCUT2D eigenvalue weighted by Crippen LogP contribution is 2.28. The number of nitrogens with two attached hydrogens (primary N) is 1. The number of fused-ring (bicyclic) bond motifs is 1. The van der Waals surface area contributed by atoms with Crippen LogP contribution in [0.5, 0.6) is 0 Å². The Balaban J connectivity index is 1.95. The van der Waals surface area contributed by atoms with Crippen LogP contribution in [0.4, 0.5) is 5.69 Å². The zero-order valence-corrected chi connectivity index (χ0v) is 10.6. The van der Waals surface area contributed by atoms with Crippen LogP contribution in [0.2, 0.25) is 0 Å². The van der Waals surface area contributed by atoms with E-state index in [4.69, 9.17) is 5.73 Å². The highest BCUT2D eigenvalue weighted by Gasteiger charge is 2.08. The number of imidazole rings is 1. The summed E-state index contributed by atoms with van der Waals surface area (Å²) < 4.78 is 5.01. The maximum absolute atomic E-state index is 5.71. The van der Waals surface area contributed by atoms with Crippen molar-refractivity contribution in [1.82, 2.24) is 19.3 Å². The number of H-pyrrole nitrogens is 1. The minimum Gasteiger partial charge on any atom is -0.399 e. The van der Waals surface area contributed by atoms with Gasteiger partial charge >= 0.3 is 0 Å². The van der Waals surface area contributed by atoms with Crippen LogP contribution >= 0.6 is 23.3 Å². The number of aromatic nitrogens is 4. The number of benzene rings is 1.